The van der Waals surface area contributed by atoms with Gasteiger partial charge in [0.15, 0.2) is 0 Å². The van der Waals surface area contributed by atoms with E-state index in [1.165, 1.54) is 11.3 Å². The van der Waals surface area contributed by atoms with E-state index in [4.69, 9.17) is 15.6 Å². The van der Waals surface area contributed by atoms with Gasteiger partial charge in [0, 0.05) is 18.6 Å². The van der Waals surface area contributed by atoms with Gasteiger partial charge in [0.1, 0.15) is 15.6 Å². The molecule has 0 saturated carbocycles. The van der Waals surface area contributed by atoms with Crippen molar-refractivity contribution in [3.05, 3.63) is 34.8 Å². The zero-order valence-corrected chi connectivity index (χ0v) is 11.2. The van der Waals surface area contributed by atoms with E-state index in [1.807, 2.05) is 24.3 Å². The Kier molecular flexibility index (Phi) is 4.13. The van der Waals surface area contributed by atoms with Gasteiger partial charge in [-0.15, -0.1) is 11.3 Å². The molecule has 2 rings (SSSR count). The number of carbonyl (C=O) groups is 1. The molecule has 0 unspecified atom stereocenters. The highest BCUT2D eigenvalue weighted by Gasteiger charge is 2.16. The number of methoxy groups -OCH3 is 1. The van der Waals surface area contributed by atoms with Crippen LogP contribution in [0.2, 0.25) is 0 Å². The number of hydrogen-bond donors (Lipinski definition) is 2. The van der Waals surface area contributed by atoms with Crippen LogP contribution in [0.4, 0.5) is 0 Å². The first-order chi connectivity index (χ1) is 9.15. The number of rotatable bonds is 5. The molecule has 6 heteroatoms. The number of thiazole rings is 1. The zero-order valence-electron chi connectivity index (χ0n) is 10.4. The normalized spacial score (nSPS) is 10.4. The molecule has 19 heavy (non-hydrogen) atoms. The first-order valence-electron chi connectivity index (χ1n) is 5.70. The van der Waals surface area contributed by atoms with Crippen LogP contribution < -0.4 is 10.5 Å². The van der Waals surface area contributed by atoms with E-state index in [2.05, 4.69) is 4.98 Å². The SMILES string of the molecule is COc1ccc(-c2nc(CCO)c(C(N)=O)s2)cc1. The molecule has 1 aromatic heterocycles. The Morgan fingerprint density at radius 2 is 2.11 bits per heavy atom. The van der Waals surface area contributed by atoms with E-state index in [0.29, 0.717) is 22.0 Å². The maximum Gasteiger partial charge on any atom is 0.260 e. The summed E-state index contributed by atoms with van der Waals surface area (Å²) in [4.78, 5) is 16.1. The molecule has 2 aromatic rings. The first-order valence-corrected chi connectivity index (χ1v) is 6.52. The maximum absolute atomic E-state index is 11.3. The second kappa shape index (κ2) is 5.81. The van der Waals surface area contributed by atoms with Gasteiger partial charge in [-0.3, -0.25) is 4.79 Å². The molecule has 0 aliphatic rings. The number of aliphatic hydroxyl groups is 1. The molecular weight excluding hydrogens is 264 g/mol. The molecular formula is C13H14N2O3S. The van der Waals surface area contributed by atoms with Crippen molar-refractivity contribution in [2.24, 2.45) is 5.73 Å². The third kappa shape index (κ3) is 2.91. The molecule has 5 nitrogen and oxygen atoms in total. The molecule has 0 bridgehead atoms. The maximum atomic E-state index is 11.3. The Labute approximate surface area is 114 Å². The van der Waals surface area contributed by atoms with Crippen LogP contribution in [-0.2, 0) is 6.42 Å². The second-order valence-corrected chi connectivity index (χ2v) is 4.86. The summed E-state index contributed by atoms with van der Waals surface area (Å²) in [5.74, 6) is 0.242. The molecule has 0 fully saturated rings. The number of nitrogens with zero attached hydrogens (tertiary/aromatic N) is 1. The molecule has 0 saturated heterocycles. The number of aromatic nitrogens is 1. The van der Waals surface area contributed by atoms with E-state index in [-0.39, 0.29) is 6.61 Å². The number of benzene rings is 1. The molecule has 3 N–H and O–H groups in total. The Bertz CT molecular complexity index is 578. The number of primary amides is 1. The number of amides is 1. The summed E-state index contributed by atoms with van der Waals surface area (Å²) in [6.07, 6.45) is 0.324. The van der Waals surface area contributed by atoms with Crippen molar-refractivity contribution < 1.29 is 14.6 Å². The second-order valence-electron chi connectivity index (χ2n) is 3.86. The molecule has 100 valence electrons. The summed E-state index contributed by atoms with van der Waals surface area (Å²) >= 11 is 1.24. The average molecular weight is 278 g/mol. The molecule has 0 aliphatic heterocycles. The Morgan fingerprint density at radius 3 is 2.63 bits per heavy atom. The van der Waals surface area contributed by atoms with E-state index in [0.717, 1.165) is 11.3 Å². The Hall–Kier alpha value is -1.92. The fourth-order valence-electron chi connectivity index (χ4n) is 1.68. The van der Waals surface area contributed by atoms with Gasteiger partial charge >= 0.3 is 0 Å². The largest absolute Gasteiger partial charge is 0.497 e. The molecule has 1 aromatic carbocycles. The highest BCUT2D eigenvalue weighted by Crippen LogP contribution is 2.29. The average Bonchev–Trinajstić information content (AvgIpc) is 2.83. The van der Waals surface area contributed by atoms with Crippen molar-refractivity contribution in [1.82, 2.24) is 4.98 Å². The number of aliphatic hydroxyl groups excluding tert-OH is 1. The van der Waals surface area contributed by atoms with E-state index < -0.39 is 5.91 Å². The summed E-state index contributed by atoms with van der Waals surface area (Å²) < 4.78 is 5.09. The summed E-state index contributed by atoms with van der Waals surface area (Å²) in [5, 5.41) is 9.68. The van der Waals surface area contributed by atoms with Crippen molar-refractivity contribution in [3.8, 4) is 16.3 Å². The summed E-state index contributed by atoms with van der Waals surface area (Å²) in [5.41, 5.74) is 6.75. The lowest BCUT2D eigenvalue weighted by Crippen LogP contribution is -2.12. The van der Waals surface area contributed by atoms with Gasteiger partial charge in [0.05, 0.1) is 12.8 Å². The van der Waals surface area contributed by atoms with Crippen molar-refractivity contribution in [2.75, 3.05) is 13.7 Å². The Balaban J connectivity index is 2.38. The monoisotopic (exact) mass is 278 g/mol. The minimum Gasteiger partial charge on any atom is -0.497 e. The first kappa shape index (κ1) is 13.5. The van der Waals surface area contributed by atoms with Crippen LogP contribution in [0.3, 0.4) is 0 Å². The predicted molar refractivity (Wildman–Crippen MR) is 73.4 cm³/mol. The summed E-state index contributed by atoms with van der Waals surface area (Å²) in [7, 11) is 1.60. The van der Waals surface area contributed by atoms with Crippen molar-refractivity contribution in [1.29, 1.82) is 0 Å². The highest BCUT2D eigenvalue weighted by molar-refractivity contribution is 7.17. The lowest BCUT2D eigenvalue weighted by atomic mass is 10.2. The lowest BCUT2D eigenvalue weighted by Gasteiger charge is -2.00. The van der Waals surface area contributed by atoms with Crippen LogP contribution in [0.25, 0.3) is 10.6 Å². The van der Waals surface area contributed by atoms with Gasteiger partial charge in [-0.25, -0.2) is 4.98 Å². The summed E-state index contributed by atoms with van der Waals surface area (Å²) in [6.45, 7) is -0.0634. The minimum absolute atomic E-state index is 0.0634. The third-order valence-electron chi connectivity index (χ3n) is 2.61. The lowest BCUT2D eigenvalue weighted by molar-refractivity contribution is 0.100. The van der Waals surface area contributed by atoms with Gasteiger partial charge in [-0.1, -0.05) is 0 Å². The number of ether oxygens (including phenoxy) is 1. The van der Waals surface area contributed by atoms with E-state index >= 15 is 0 Å². The number of hydrogen-bond acceptors (Lipinski definition) is 5. The minimum atomic E-state index is -0.513. The van der Waals surface area contributed by atoms with Crippen LogP contribution in [0.1, 0.15) is 15.4 Å². The predicted octanol–water partition coefficient (Wildman–Crippen LogP) is 1.45. The van der Waals surface area contributed by atoms with Crippen LogP contribution in [0, 0.1) is 0 Å². The standard InChI is InChI=1S/C13H14N2O3S/c1-18-9-4-2-8(3-5-9)13-15-10(6-7-16)11(19-13)12(14)17/h2-5,16H,6-7H2,1H3,(H2,14,17). The third-order valence-corrected chi connectivity index (χ3v) is 3.77. The van der Waals surface area contributed by atoms with E-state index in [9.17, 15) is 4.79 Å². The van der Waals surface area contributed by atoms with Crippen molar-refractivity contribution in [2.45, 2.75) is 6.42 Å². The smallest absolute Gasteiger partial charge is 0.260 e. The molecule has 1 amide bonds. The highest BCUT2D eigenvalue weighted by atomic mass is 32.1. The van der Waals surface area contributed by atoms with Crippen LogP contribution in [-0.4, -0.2) is 29.7 Å². The van der Waals surface area contributed by atoms with Crippen LogP contribution in [0.15, 0.2) is 24.3 Å². The van der Waals surface area contributed by atoms with Gasteiger partial charge in [0.2, 0.25) is 0 Å². The van der Waals surface area contributed by atoms with Gasteiger partial charge < -0.3 is 15.6 Å². The number of nitrogens with two attached hydrogens (primary N) is 1. The molecule has 1 heterocycles. The topological polar surface area (TPSA) is 85.4 Å². The molecule has 0 radical (unpaired) electrons. The van der Waals surface area contributed by atoms with Gasteiger partial charge in [-0.2, -0.15) is 0 Å². The Morgan fingerprint density at radius 1 is 1.42 bits per heavy atom. The van der Waals surface area contributed by atoms with E-state index in [1.54, 1.807) is 7.11 Å². The molecule has 0 atom stereocenters. The van der Waals surface area contributed by atoms with Crippen molar-refractivity contribution in [3.63, 3.8) is 0 Å². The summed E-state index contributed by atoms with van der Waals surface area (Å²) in [6, 6.07) is 7.38. The molecule has 0 aliphatic carbocycles. The number of carbonyl (C=O) groups excluding carboxylic acids is 1. The van der Waals surface area contributed by atoms with Crippen molar-refractivity contribution >= 4 is 17.2 Å². The molecule has 0 spiro atoms. The van der Waals surface area contributed by atoms with Gasteiger partial charge in [-0.05, 0) is 24.3 Å². The fourth-order valence-corrected chi connectivity index (χ4v) is 2.65. The zero-order chi connectivity index (χ0) is 13.8. The van der Waals surface area contributed by atoms with Gasteiger partial charge in [0.25, 0.3) is 5.91 Å². The quantitative estimate of drug-likeness (QED) is 0.867. The fraction of sp³-hybridized carbons (Fsp3) is 0.231. The van der Waals surface area contributed by atoms with Crippen LogP contribution in [0.5, 0.6) is 5.75 Å². The van der Waals surface area contributed by atoms with Crippen LogP contribution >= 0.6 is 11.3 Å².